The second-order valence-corrected chi connectivity index (χ2v) is 4.27. The van der Waals surface area contributed by atoms with Crippen molar-refractivity contribution in [2.45, 2.75) is 0 Å². The summed E-state index contributed by atoms with van der Waals surface area (Å²) < 4.78 is 1.55. The Morgan fingerprint density at radius 1 is 1.00 bits per heavy atom. The summed E-state index contributed by atoms with van der Waals surface area (Å²) in [4.78, 5) is 8.84. The van der Waals surface area contributed by atoms with Gasteiger partial charge in [0.05, 0.1) is 17.1 Å². The van der Waals surface area contributed by atoms with Gasteiger partial charge in [0.25, 0.3) is 0 Å². The zero-order valence-corrected chi connectivity index (χ0v) is 10.9. The molecule has 0 radical (unpaired) electrons. The third kappa shape index (κ3) is 2.15. The maximum absolute atomic E-state index is 8.97. The van der Waals surface area contributed by atoms with Gasteiger partial charge >= 0.3 is 0 Å². The fourth-order valence-corrected chi connectivity index (χ4v) is 1.93. The Balaban J connectivity index is 2.06. The molecule has 5 nitrogen and oxygen atoms in total. The summed E-state index contributed by atoms with van der Waals surface area (Å²) in [5, 5.41) is 13.3. The molecule has 0 fully saturated rings. The lowest BCUT2D eigenvalue weighted by Crippen LogP contribution is -1.94. The van der Waals surface area contributed by atoms with Crippen LogP contribution in [-0.2, 0) is 7.05 Å². The van der Waals surface area contributed by atoms with Crippen molar-refractivity contribution >= 4 is 0 Å². The number of aryl methyl sites for hydroxylation is 1. The SMILES string of the molecule is Cn1nc(-c2cccc(-c3ccccn3)n2)cc1C#N. The van der Waals surface area contributed by atoms with Crippen molar-refractivity contribution in [3.8, 4) is 28.8 Å². The molecule has 3 heterocycles. The van der Waals surface area contributed by atoms with Crippen molar-refractivity contribution in [1.29, 1.82) is 5.26 Å². The highest BCUT2D eigenvalue weighted by Gasteiger charge is 2.09. The van der Waals surface area contributed by atoms with E-state index in [1.165, 1.54) is 0 Å². The predicted octanol–water partition coefficient (Wildman–Crippen LogP) is 2.42. The molecule has 0 unspecified atom stereocenters. The Hall–Kier alpha value is -3.00. The van der Waals surface area contributed by atoms with Gasteiger partial charge in [0, 0.05) is 19.3 Å². The minimum absolute atomic E-state index is 0.505. The topological polar surface area (TPSA) is 67.4 Å². The molecule has 5 heteroatoms. The first-order valence-electron chi connectivity index (χ1n) is 6.11. The Labute approximate surface area is 116 Å². The van der Waals surface area contributed by atoms with Crippen LogP contribution in [0.5, 0.6) is 0 Å². The predicted molar refractivity (Wildman–Crippen MR) is 74.4 cm³/mol. The lowest BCUT2D eigenvalue weighted by Gasteiger charge is -2.01. The highest BCUT2D eigenvalue weighted by Crippen LogP contribution is 2.20. The minimum atomic E-state index is 0.505. The maximum Gasteiger partial charge on any atom is 0.138 e. The highest BCUT2D eigenvalue weighted by atomic mass is 15.3. The number of aromatic nitrogens is 4. The van der Waals surface area contributed by atoms with Crippen LogP contribution in [0.3, 0.4) is 0 Å². The number of rotatable bonds is 2. The van der Waals surface area contributed by atoms with Crippen LogP contribution in [0.1, 0.15) is 5.69 Å². The van der Waals surface area contributed by atoms with E-state index in [1.807, 2.05) is 36.4 Å². The van der Waals surface area contributed by atoms with Crippen molar-refractivity contribution in [3.63, 3.8) is 0 Å². The highest BCUT2D eigenvalue weighted by molar-refractivity contribution is 5.62. The van der Waals surface area contributed by atoms with Crippen LogP contribution in [0, 0.1) is 11.3 Å². The fourth-order valence-electron chi connectivity index (χ4n) is 1.93. The van der Waals surface area contributed by atoms with Crippen LogP contribution in [0.15, 0.2) is 48.7 Å². The summed E-state index contributed by atoms with van der Waals surface area (Å²) in [6.45, 7) is 0. The van der Waals surface area contributed by atoms with Gasteiger partial charge in [-0.15, -0.1) is 0 Å². The normalized spacial score (nSPS) is 10.2. The molecule has 0 aliphatic rings. The molecule has 0 spiro atoms. The average molecular weight is 261 g/mol. The Bertz CT molecular complexity index is 784. The summed E-state index contributed by atoms with van der Waals surface area (Å²) in [6.07, 6.45) is 1.73. The molecule has 0 saturated heterocycles. The van der Waals surface area contributed by atoms with Crippen LogP contribution in [-0.4, -0.2) is 19.7 Å². The molecule has 0 atom stereocenters. The Kier molecular flexibility index (Phi) is 2.98. The van der Waals surface area contributed by atoms with E-state index in [2.05, 4.69) is 21.1 Å². The standard InChI is InChI=1S/C15H11N5/c1-20-11(10-16)9-15(19-20)14-7-4-6-13(18-14)12-5-2-3-8-17-12/h2-9H,1H3. The van der Waals surface area contributed by atoms with Crippen LogP contribution in [0.25, 0.3) is 22.8 Å². The molecule has 0 N–H and O–H groups in total. The van der Waals surface area contributed by atoms with Crippen molar-refractivity contribution in [2.75, 3.05) is 0 Å². The van der Waals surface area contributed by atoms with Gasteiger partial charge in [-0.2, -0.15) is 10.4 Å². The maximum atomic E-state index is 8.97. The molecule has 0 amide bonds. The molecule has 0 bridgehead atoms. The molecule has 0 aromatic carbocycles. The third-order valence-electron chi connectivity index (χ3n) is 2.93. The van der Waals surface area contributed by atoms with Gasteiger partial charge < -0.3 is 0 Å². The van der Waals surface area contributed by atoms with Crippen LogP contribution in [0.4, 0.5) is 0 Å². The van der Waals surface area contributed by atoms with Crippen LogP contribution < -0.4 is 0 Å². The summed E-state index contributed by atoms with van der Waals surface area (Å²) in [5.74, 6) is 0. The quantitative estimate of drug-likeness (QED) is 0.710. The number of hydrogen-bond donors (Lipinski definition) is 0. The van der Waals surface area contributed by atoms with Gasteiger partial charge in [-0.3, -0.25) is 9.67 Å². The van der Waals surface area contributed by atoms with Crippen LogP contribution in [0.2, 0.25) is 0 Å². The van der Waals surface area contributed by atoms with Gasteiger partial charge in [0.1, 0.15) is 17.5 Å². The fraction of sp³-hybridized carbons (Fsp3) is 0.0667. The molecule has 3 rings (SSSR count). The summed E-state index contributed by atoms with van der Waals surface area (Å²) >= 11 is 0. The van der Waals surface area contributed by atoms with E-state index in [-0.39, 0.29) is 0 Å². The van der Waals surface area contributed by atoms with Gasteiger partial charge in [-0.05, 0) is 24.3 Å². The van der Waals surface area contributed by atoms with Gasteiger partial charge in [-0.1, -0.05) is 12.1 Å². The van der Waals surface area contributed by atoms with Crippen molar-refractivity contribution in [1.82, 2.24) is 19.7 Å². The Morgan fingerprint density at radius 3 is 2.40 bits per heavy atom. The molecule has 20 heavy (non-hydrogen) atoms. The number of nitriles is 1. The number of hydrogen-bond acceptors (Lipinski definition) is 4. The third-order valence-corrected chi connectivity index (χ3v) is 2.93. The minimum Gasteiger partial charge on any atom is -0.257 e. The molecule has 3 aromatic heterocycles. The van der Waals surface area contributed by atoms with E-state index in [1.54, 1.807) is 24.0 Å². The van der Waals surface area contributed by atoms with E-state index in [0.717, 1.165) is 17.1 Å². The smallest absolute Gasteiger partial charge is 0.138 e. The molecular formula is C15H11N5. The monoisotopic (exact) mass is 261 g/mol. The van der Waals surface area contributed by atoms with Crippen molar-refractivity contribution in [3.05, 3.63) is 54.4 Å². The zero-order valence-electron chi connectivity index (χ0n) is 10.9. The van der Waals surface area contributed by atoms with E-state index >= 15 is 0 Å². The first kappa shape index (κ1) is 12.1. The largest absolute Gasteiger partial charge is 0.257 e. The number of pyridine rings is 2. The lowest BCUT2D eigenvalue weighted by atomic mass is 10.2. The first-order chi connectivity index (χ1) is 9.78. The molecule has 3 aromatic rings. The Morgan fingerprint density at radius 2 is 1.75 bits per heavy atom. The molecule has 96 valence electrons. The first-order valence-corrected chi connectivity index (χ1v) is 6.11. The summed E-state index contributed by atoms with van der Waals surface area (Å²) in [6, 6.07) is 15.2. The zero-order chi connectivity index (χ0) is 13.9. The number of nitrogens with zero attached hydrogens (tertiary/aromatic N) is 5. The van der Waals surface area contributed by atoms with E-state index in [0.29, 0.717) is 11.4 Å². The van der Waals surface area contributed by atoms with E-state index in [4.69, 9.17) is 5.26 Å². The van der Waals surface area contributed by atoms with Crippen molar-refractivity contribution < 1.29 is 0 Å². The second-order valence-electron chi connectivity index (χ2n) is 4.27. The van der Waals surface area contributed by atoms with E-state index < -0.39 is 0 Å². The molecular weight excluding hydrogens is 250 g/mol. The molecule has 0 aliphatic carbocycles. The summed E-state index contributed by atoms with van der Waals surface area (Å²) in [7, 11) is 1.74. The molecule has 0 saturated carbocycles. The lowest BCUT2D eigenvalue weighted by molar-refractivity contribution is 0.758. The summed E-state index contributed by atoms with van der Waals surface area (Å²) in [5.41, 5.74) is 3.51. The van der Waals surface area contributed by atoms with Gasteiger partial charge in [0.15, 0.2) is 0 Å². The average Bonchev–Trinajstić information content (AvgIpc) is 2.89. The molecule has 0 aliphatic heterocycles. The van der Waals surface area contributed by atoms with Crippen molar-refractivity contribution in [2.24, 2.45) is 7.05 Å². The second kappa shape index (κ2) is 4.94. The van der Waals surface area contributed by atoms with Crippen LogP contribution >= 0.6 is 0 Å². The van der Waals surface area contributed by atoms with E-state index in [9.17, 15) is 0 Å². The van der Waals surface area contributed by atoms with Gasteiger partial charge in [0.2, 0.25) is 0 Å². The van der Waals surface area contributed by atoms with Gasteiger partial charge in [-0.25, -0.2) is 4.98 Å².